The van der Waals surface area contributed by atoms with Crippen LogP contribution >= 0.6 is 11.8 Å². The molecule has 0 radical (unpaired) electrons. The van der Waals surface area contributed by atoms with E-state index in [2.05, 4.69) is 0 Å². The lowest BCUT2D eigenvalue weighted by Gasteiger charge is -2.32. The Morgan fingerprint density at radius 3 is 2.52 bits per heavy atom. The lowest BCUT2D eigenvalue weighted by molar-refractivity contribution is -0.256. The number of amides is 1. The highest BCUT2D eigenvalue weighted by atomic mass is 32.2. The minimum Gasteiger partial charge on any atom is -0.338 e. The van der Waals surface area contributed by atoms with E-state index in [1.165, 1.54) is 0 Å². The average Bonchev–Trinajstić information content (AvgIpc) is 3.54. The Bertz CT molecular complexity index is 1030. The van der Waals surface area contributed by atoms with Crippen LogP contribution in [0, 0.1) is 11.7 Å². The van der Waals surface area contributed by atoms with Gasteiger partial charge >= 0.3 is 6.18 Å². The van der Waals surface area contributed by atoms with Crippen molar-refractivity contribution >= 4 is 23.4 Å². The first-order valence-corrected chi connectivity index (χ1v) is 10.9. The molecule has 2 heterocycles. The molecule has 9 heteroatoms. The predicted molar refractivity (Wildman–Crippen MR) is 105 cm³/mol. The number of benzene rings is 2. The summed E-state index contributed by atoms with van der Waals surface area (Å²) in [4.78, 5) is 15.3. The van der Waals surface area contributed by atoms with Crippen LogP contribution in [0.5, 0.6) is 0 Å². The monoisotopic (exact) mass is 453 g/mol. The molecule has 31 heavy (non-hydrogen) atoms. The van der Waals surface area contributed by atoms with Crippen molar-refractivity contribution < 1.29 is 31.8 Å². The van der Waals surface area contributed by atoms with Gasteiger partial charge in [0.15, 0.2) is 0 Å². The third-order valence-electron chi connectivity index (χ3n) is 5.65. The van der Waals surface area contributed by atoms with E-state index in [1.807, 2.05) is 0 Å². The van der Waals surface area contributed by atoms with Gasteiger partial charge in [-0.25, -0.2) is 4.39 Å². The summed E-state index contributed by atoms with van der Waals surface area (Å²) in [5.41, 5.74) is 0.140. The van der Waals surface area contributed by atoms with E-state index >= 15 is 0 Å². The summed E-state index contributed by atoms with van der Waals surface area (Å²) in [5, 5.41) is 0. The highest BCUT2D eigenvalue weighted by Crippen LogP contribution is 2.49. The lowest BCUT2D eigenvalue weighted by atomic mass is 10.1. The lowest BCUT2D eigenvalue weighted by Crippen LogP contribution is -2.47. The standard InChI is InChI=1S/C22H19F4NO3S/c23-14-4-7-19(17(10-14)22(24,25)26)31-15-5-6-18-16(11-15)21(29-8-1-9-30-21)20(28)27(18)12-13-2-3-13/h4-7,10-11,13H,1-3,8-9,12H2. The number of anilines is 1. The van der Waals surface area contributed by atoms with E-state index in [0.717, 1.165) is 36.7 Å². The van der Waals surface area contributed by atoms with Crippen molar-refractivity contribution in [1.82, 2.24) is 0 Å². The zero-order valence-corrected chi connectivity index (χ0v) is 17.2. The number of ether oxygens (including phenoxy) is 2. The molecule has 0 atom stereocenters. The first kappa shape index (κ1) is 20.8. The SMILES string of the molecule is O=C1N(CC2CC2)c2ccc(Sc3ccc(F)cc3C(F)(F)F)cc2C12OCCCO2. The molecule has 1 aliphatic carbocycles. The van der Waals surface area contributed by atoms with Gasteiger partial charge in [-0.2, -0.15) is 13.2 Å². The molecule has 0 bridgehead atoms. The number of carbonyl (C=O) groups is 1. The van der Waals surface area contributed by atoms with Gasteiger partial charge in [0.25, 0.3) is 11.7 Å². The topological polar surface area (TPSA) is 38.8 Å². The molecule has 1 amide bonds. The van der Waals surface area contributed by atoms with Crippen LogP contribution in [-0.2, 0) is 26.2 Å². The number of hydrogen-bond acceptors (Lipinski definition) is 4. The summed E-state index contributed by atoms with van der Waals surface area (Å²) < 4.78 is 65.3. The Hall–Kier alpha value is -2.10. The molecule has 1 saturated heterocycles. The third kappa shape index (κ3) is 3.72. The molecule has 0 N–H and O–H groups in total. The Morgan fingerprint density at radius 1 is 1.10 bits per heavy atom. The highest BCUT2D eigenvalue weighted by molar-refractivity contribution is 7.99. The number of nitrogens with zero attached hydrogens (tertiary/aromatic N) is 1. The minimum atomic E-state index is -4.69. The molecule has 0 unspecified atom stereocenters. The minimum absolute atomic E-state index is 0.118. The zero-order chi connectivity index (χ0) is 21.8. The second kappa shape index (κ2) is 7.50. The fraction of sp³-hybridized carbons (Fsp3) is 0.409. The number of halogens is 4. The first-order chi connectivity index (χ1) is 14.8. The smallest absolute Gasteiger partial charge is 0.338 e. The Labute approximate surface area is 180 Å². The molecule has 2 aromatic rings. The van der Waals surface area contributed by atoms with Crippen LogP contribution in [0.1, 0.15) is 30.4 Å². The zero-order valence-electron chi connectivity index (χ0n) is 16.4. The summed E-state index contributed by atoms with van der Waals surface area (Å²) in [7, 11) is 0. The maximum atomic E-state index is 13.4. The van der Waals surface area contributed by atoms with Gasteiger partial charge < -0.3 is 14.4 Å². The number of fused-ring (bicyclic) bond motifs is 2. The third-order valence-corrected chi connectivity index (χ3v) is 6.72. The number of alkyl halides is 3. The second-order valence-corrected chi connectivity index (χ2v) is 9.06. The van der Waals surface area contributed by atoms with Gasteiger partial charge in [0.05, 0.1) is 24.5 Å². The van der Waals surface area contributed by atoms with E-state index in [9.17, 15) is 22.4 Å². The molecule has 1 spiro atoms. The molecule has 4 nitrogen and oxygen atoms in total. The van der Waals surface area contributed by atoms with Crippen molar-refractivity contribution in [3.05, 3.63) is 53.3 Å². The van der Waals surface area contributed by atoms with Crippen LogP contribution in [0.4, 0.5) is 23.2 Å². The molecule has 1 saturated carbocycles. The Kier molecular flexibility index (Phi) is 5.02. The number of rotatable bonds is 4. The van der Waals surface area contributed by atoms with E-state index in [-0.39, 0.29) is 10.8 Å². The van der Waals surface area contributed by atoms with E-state index in [1.54, 1.807) is 23.1 Å². The first-order valence-electron chi connectivity index (χ1n) is 10.1. The molecule has 2 aliphatic heterocycles. The van der Waals surface area contributed by atoms with Crippen LogP contribution < -0.4 is 4.90 Å². The van der Waals surface area contributed by atoms with Gasteiger partial charge in [0.2, 0.25) is 0 Å². The van der Waals surface area contributed by atoms with E-state index in [4.69, 9.17) is 9.47 Å². The van der Waals surface area contributed by atoms with Gasteiger partial charge in [-0.1, -0.05) is 11.8 Å². The highest BCUT2D eigenvalue weighted by Gasteiger charge is 2.55. The van der Waals surface area contributed by atoms with Crippen molar-refractivity contribution in [2.24, 2.45) is 5.92 Å². The maximum Gasteiger partial charge on any atom is 0.417 e. The quantitative estimate of drug-likeness (QED) is 0.586. The summed E-state index contributed by atoms with van der Waals surface area (Å²) in [6.45, 7) is 1.29. The van der Waals surface area contributed by atoms with Crippen LogP contribution in [-0.4, -0.2) is 25.7 Å². The Morgan fingerprint density at radius 2 is 1.84 bits per heavy atom. The number of carbonyl (C=O) groups excluding carboxylic acids is 1. The van der Waals surface area contributed by atoms with Crippen LogP contribution in [0.2, 0.25) is 0 Å². The van der Waals surface area contributed by atoms with Gasteiger partial charge in [-0.15, -0.1) is 0 Å². The predicted octanol–water partition coefficient (Wildman–Crippen LogP) is 5.34. The molecule has 0 aromatic heterocycles. The van der Waals surface area contributed by atoms with E-state index < -0.39 is 23.3 Å². The van der Waals surface area contributed by atoms with Crippen molar-refractivity contribution in [1.29, 1.82) is 0 Å². The van der Waals surface area contributed by atoms with Gasteiger partial charge in [-0.3, -0.25) is 4.79 Å². The average molecular weight is 453 g/mol. The van der Waals surface area contributed by atoms with Crippen molar-refractivity contribution in [2.45, 2.75) is 41.0 Å². The van der Waals surface area contributed by atoms with Crippen LogP contribution in [0.25, 0.3) is 0 Å². The number of hydrogen-bond donors (Lipinski definition) is 0. The summed E-state index contributed by atoms with van der Waals surface area (Å²) in [6, 6.07) is 7.66. The normalized spacial score (nSPS) is 20.4. The van der Waals surface area contributed by atoms with Crippen molar-refractivity contribution in [3.8, 4) is 0 Å². The molecule has 2 fully saturated rings. The van der Waals surface area contributed by atoms with Crippen LogP contribution in [0.3, 0.4) is 0 Å². The molecule has 2 aromatic carbocycles. The van der Waals surface area contributed by atoms with Gasteiger partial charge in [0, 0.05) is 21.9 Å². The summed E-state index contributed by atoms with van der Waals surface area (Å²) in [6.07, 6.45) is -1.90. The molecule has 164 valence electrons. The summed E-state index contributed by atoms with van der Waals surface area (Å²) in [5.74, 6) is -2.34. The molecular weight excluding hydrogens is 434 g/mol. The maximum absolute atomic E-state index is 13.4. The van der Waals surface area contributed by atoms with Crippen molar-refractivity contribution in [3.63, 3.8) is 0 Å². The largest absolute Gasteiger partial charge is 0.417 e. The van der Waals surface area contributed by atoms with Crippen LogP contribution in [0.15, 0.2) is 46.2 Å². The summed E-state index contributed by atoms with van der Waals surface area (Å²) >= 11 is 0.864. The Balaban J connectivity index is 1.53. The van der Waals surface area contributed by atoms with Gasteiger partial charge in [0.1, 0.15) is 5.82 Å². The van der Waals surface area contributed by atoms with Crippen molar-refractivity contribution in [2.75, 3.05) is 24.7 Å². The fourth-order valence-corrected chi connectivity index (χ4v) is 4.96. The molecule has 5 rings (SSSR count). The fourth-order valence-electron chi connectivity index (χ4n) is 3.97. The van der Waals surface area contributed by atoms with Gasteiger partial charge in [-0.05, 0) is 61.6 Å². The van der Waals surface area contributed by atoms with E-state index in [0.29, 0.717) is 54.3 Å². The molecular formula is C22H19F4NO3S. The second-order valence-electron chi connectivity index (χ2n) is 7.95. The molecule has 3 aliphatic rings.